The number of aliphatic hydroxyl groups excluding tert-OH is 1. The van der Waals surface area contributed by atoms with E-state index in [1.54, 1.807) is 0 Å². The first-order chi connectivity index (χ1) is 3.41. The average Bonchev–Trinajstić information content (AvgIpc) is 1.75. The quantitative estimate of drug-likeness (QED) is 0.569. The van der Waals surface area contributed by atoms with Gasteiger partial charge in [-0.2, -0.15) is 0 Å². The molecule has 0 amide bonds. The number of hydrogen-bond donors (Lipinski definition) is 1. The van der Waals surface area contributed by atoms with Crippen molar-refractivity contribution in [2.45, 2.75) is 25.0 Å². The maximum absolute atomic E-state index is 8.07. The van der Waals surface area contributed by atoms with Crippen molar-refractivity contribution >= 4 is 0 Å². The second-order valence-corrected chi connectivity index (χ2v) is 1.08. The third-order valence-corrected chi connectivity index (χ3v) is 0.512. The monoisotopic (exact) mass is 137 g/mol. The van der Waals surface area contributed by atoms with Gasteiger partial charge in [-0.3, -0.25) is 0 Å². The molecule has 0 unspecified atom stereocenters. The molecule has 0 atom stereocenters. The van der Waals surface area contributed by atoms with Gasteiger partial charge < -0.3 is 5.11 Å². The van der Waals surface area contributed by atoms with Crippen molar-refractivity contribution in [3.05, 3.63) is 0 Å². The van der Waals surface area contributed by atoms with Gasteiger partial charge in [0.1, 0.15) is 0 Å². The third kappa shape index (κ3) is 20.4. The van der Waals surface area contributed by atoms with Crippen LogP contribution < -0.4 is 0 Å². The van der Waals surface area contributed by atoms with Gasteiger partial charge in [0.2, 0.25) is 0 Å². The minimum atomic E-state index is 0.344. The summed E-state index contributed by atoms with van der Waals surface area (Å²) in [5.41, 5.74) is 0. The van der Waals surface area contributed by atoms with Gasteiger partial charge in [-0.05, 0) is 6.42 Å². The molecular weight excluding hydrogens is 124 g/mol. The molecule has 0 aromatic carbocycles. The zero-order valence-corrected chi connectivity index (χ0v) is 6.63. The van der Waals surface area contributed by atoms with Crippen LogP contribution in [0.25, 0.3) is 0 Å². The fourth-order valence-corrected chi connectivity index (χ4v) is 0.158. The molecule has 0 aliphatic rings. The topological polar surface area (TPSA) is 20.2 Å². The van der Waals surface area contributed by atoms with E-state index in [1.807, 2.05) is 25.7 Å². The molecule has 0 rings (SSSR count). The standard InChI is InChI=1S/C4H10O.CH3.Ti/c1-2-3-4-5;;/h5H,2-4H2,1H3;1H3;. The molecule has 0 fully saturated rings. The first-order valence-electron chi connectivity index (χ1n) is 2.52. The van der Waals surface area contributed by atoms with Gasteiger partial charge >= 0.3 is 25.7 Å². The van der Waals surface area contributed by atoms with E-state index in [9.17, 15) is 0 Å². The second-order valence-electron chi connectivity index (χ2n) is 1.08. The van der Waals surface area contributed by atoms with E-state index in [0.717, 1.165) is 12.8 Å². The number of aliphatic hydroxyl groups is 1. The molecule has 1 nitrogen and oxygen atoms in total. The van der Waals surface area contributed by atoms with Crippen LogP contribution in [0.4, 0.5) is 0 Å². The molecule has 0 saturated heterocycles. The minimum absolute atomic E-state index is 0.344. The number of hydrogen-bond acceptors (Lipinski definition) is 1. The van der Waals surface area contributed by atoms with Crippen molar-refractivity contribution in [1.82, 2.24) is 0 Å². The fourth-order valence-electron chi connectivity index (χ4n) is 0.158. The zero-order valence-electron chi connectivity index (χ0n) is 5.07. The van der Waals surface area contributed by atoms with Crippen molar-refractivity contribution in [3.8, 4) is 0 Å². The van der Waals surface area contributed by atoms with E-state index in [4.69, 9.17) is 5.11 Å². The molecule has 0 heterocycles. The van der Waals surface area contributed by atoms with Gasteiger partial charge in [0, 0.05) is 6.61 Å². The molecule has 0 radical (unpaired) electrons. The van der Waals surface area contributed by atoms with Crippen LogP contribution in [0.3, 0.4) is 0 Å². The van der Waals surface area contributed by atoms with Crippen molar-refractivity contribution < 1.29 is 25.5 Å². The first-order valence-corrected chi connectivity index (χ1v) is 4.08. The molecule has 0 aliphatic heterocycles. The molecule has 0 aliphatic carbocycles. The van der Waals surface area contributed by atoms with Crippen LogP contribution in [0.15, 0.2) is 0 Å². The van der Waals surface area contributed by atoms with E-state index < -0.39 is 0 Å². The van der Waals surface area contributed by atoms with Gasteiger partial charge in [-0.15, -0.1) is 0 Å². The Hall–Kier alpha value is 0.674. The summed E-state index contributed by atoms with van der Waals surface area (Å²) in [7, 11) is 0. The zero-order chi connectivity index (χ0) is 6.12. The van der Waals surface area contributed by atoms with Crippen LogP contribution in [0.2, 0.25) is 5.23 Å². The molecule has 43 valence electrons. The van der Waals surface area contributed by atoms with Crippen LogP contribution in [-0.2, 0) is 20.4 Å². The van der Waals surface area contributed by atoms with Gasteiger partial charge in [-0.1, -0.05) is 13.3 Å². The van der Waals surface area contributed by atoms with Gasteiger partial charge in [0.15, 0.2) is 0 Å². The fraction of sp³-hybridized carbons (Fsp3) is 1.00. The molecule has 0 saturated carbocycles. The second kappa shape index (κ2) is 15.9. The normalized spacial score (nSPS) is 6.57. The SMILES string of the molecule is CCCCO.[CH3][Ti]. The molecular formula is C5H13OTi. The summed E-state index contributed by atoms with van der Waals surface area (Å²) in [6.07, 6.45) is 2.04. The first kappa shape index (κ1) is 10.6. The average molecular weight is 137 g/mol. The van der Waals surface area contributed by atoms with Crippen molar-refractivity contribution in [2.24, 2.45) is 0 Å². The van der Waals surface area contributed by atoms with E-state index in [2.05, 4.69) is 6.92 Å². The van der Waals surface area contributed by atoms with Gasteiger partial charge in [0.05, 0.1) is 0 Å². The number of rotatable bonds is 2. The Morgan fingerprint density at radius 3 is 1.86 bits per heavy atom. The summed E-state index contributed by atoms with van der Waals surface area (Å²) < 4.78 is 0. The predicted octanol–water partition coefficient (Wildman–Crippen LogP) is 1.36. The summed E-state index contributed by atoms with van der Waals surface area (Å²) in [5, 5.41) is 10.1. The summed E-state index contributed by atoms with van der Waals surface area (Å²) in [4.78, 5) is 0. The third-order valence-electron chi connectivity index (χ3n) is 0.512. The molecule has 0 spiro atoms. The van der Waals surface area contributed by atoms with Crippen molar-refractivity contribution in [3.63, 3.8) is 0 Å². The Kier molecular flexibility index (Phi) is 24.1. The summed E-state index contributed by atoms with van der Waals surface area (Å²) in [6.45, 7) is 2.40. The van der Waals surface area contributed by atoms with Crippen LogP contribution >= 0.6 is 0 Å². The Morgan fingerprint density at radius 2 is 1.86 bits per heavy atom. The molecule has 2 heteroatoms. The van der Waals surface area contributed by atoms with Gasteiger partial charge in [-0.25, -0.2) is 0 Å². The van der Waals surface area contributed by atoms with Crippen LogP contribution in [-0.4, -0.2) is 11.7 Å². The van der Waals surface area contributed by atoms with E-state index in [0.29, 0.717) is 6.61 Å². The van der Waals surface area contributed by atoms with E-state index in [-0.39, 0.29) is 0 Å². The summed E-state index contributed by atoms with van der Waals surface area (Å²) >= 11 is 2.00. The van der Waals surface area contributed by atoms with Crippen LogP contribution in [0, 0.1) is 0 Å². The Labute approximate surface area is 57.5 Å². The van der Waals surface area contributed by atoms with Crippen LogP contribution in [0.5, 0.6) is 0 Å². The Bertz CT molecular complexity index is 15.6. The maximum atomic E-state index is 8.07. The molecule has 0 aromatic rings. The van der Waals surface area contributed by atoms with E-state index in [1.165, 1.54) is 0 Å². The van der Waals surface area contributed by atoms with Gasteiger partial charge in [0.25, 0.3) is 0 Å². The van der Waals surface area contributed by atoms with Crippen molar-refractivity contribution in [1.29, 1.82) is 0 Å². The van der Waals surface area contributed by atoms with Crippen LogP contribution in [0.1, 0.15) is 19.8 Å². The van der Waals surface area contributed by atoms with Crippen molar-refractivity contribution in [2.75, 3.05) is 6.61 Å². The summed E-state index contributed by atoms with van der Waals surface area (Å²) in [6, 6.07) is 0. The predicted molar refractivity (Wildman–Crippen MR) is 27.9 cm³/mol. The summed E-state index contributed by atoms with van der Waals surface area (Å²) in [5.74, 6) is 0. The number of unbranched alkanes of at least 4 members (excludes halogenated alkanes) is 1. The molecule has 7 heavy (non-hydrogen) atoms. The van der Waals surface area contributed by atoms with E-state index >= 15 is 0 Å². The molecule has 1 N–H and O–H groups in total. The Morgan fingerprint density at radius 1 is 1.43 bits per heavy atom. The molecule has 0 bridgehead atoms. The Balaban J connectivity index is 0. The molecule has 0 aromatic heterocycles.